The molecule has 0 aliphatic carbocycles. The van der Waals surface area contributed by atoms with E-state index in [2.05, 4.69) is 0 Å². The predicted octanol–water partition coefficient (Wildman–Crippen LogP) is 3.43. The highest BCUT2D eigenvalue weighted by atomic mass is 32.2. The molecule has 0 spiro atoms. The summed E-state index contributed by atoms with van der Waals surface area (Å²) in [5, 5.41) is 9.03. The van der Waals surface area contributed by atoms with E-state index in [0.717, 1.165) is 11.1 Å². The van der Waals surface area contributed by atoms with Crippen LogP contribution in [0.2, 0.25) is 0 Å². The molecule has 0 fully saturated rings. The van der Waals surface area contributed by atoms with Gasteiger partial charge in [-0.25, -0.2) is 8.42 Å². The normalized spacial score (nSPS) is 12.8. The second-order valence-electron chi connectivity index (χ2n) is 6.09. The Bertz CT molecular complexity index is 882. The van der Waals surface area contributed by atoms with E-state index < -0.39 is 10.0 Å². The van der Waals surface area contributed by atoms with E-state index in [-0.39, 0.29) is 10.9 Å². The Labute approximate surface area is 144 Å². The maximum absolute atomic E-state index is 13.0. The molecule has 2 aromatic carbocycles. The quantitative estimate of drug-likeness (QED) is 0.836. The minimum absolute atomic E-state index is 0.193. The highest BCUT2D eigenvalue weighted by Gasteiger charge is 2.27. The first-order valence-corrected chi connectivity index (χ1v) is 9.24. The van der Waals surface area contributed by atoms with Gasteiger partial charge in [-0.15, -0.1) is 0 Å². The second kappa shape index (κ2) is 7.16. The molecule has 2 rings (SSSR count). The van der Waals surface area contributed by atoms with Gasteiger partial charge in [0.15, 0.2) is 0 Å². The van der Waals surface area contributed by atoms with Crippen LogP contribution in [-0.2, 0) is 16.4 Å². The van der Waals surface area contributed by atoms with E-state index in [9.17, 15) is 8.42 Å². The number of rotatable bonds is 5. The topological polar surface area (TPSA) is 61.2 Å². The fraction of sp³-hybridized carbons (Fsp3) is 0.316. The summed E-state index contributed by atoms with van der Waals surface area (Å²) in [5.41, 5.74) is 3.27. The van der Waals surface area contributed by atoms with Crippen molar-refractivity contribution in [3.8, 4) is 6.07 Å². The zero-order valence-electron chi connectivity index (χ0n) is 14.4. The molecule has 5 heteroatoms. The molecule has 0 saturated carbocycles. The lowest BCUT2D eigenvalue weighted by Crippen LogP contribution is -2.37. The number of nitrogens with zero attached hydrogens (tertiary/aromatic N) is 2. The van der Waals surface area contributed by atoms with E-state index in [1.165, 1.54) is 10.4 Å². The molecule has 2 aromatic rings. The molecule has 24 heavy (non-hydrogen) atoms. The average Bonchev–Trinajstić information content (AvgIpc) is 2.56. The molecule has 0 amide bonds. The van der Waals surface area contributed by atoms with Crippen LogP contribution in [0.4, 0.5) is 0 Å². The standard InChI is InChI=1S/C19H22N2O2S/c1-14-7-5-6-8-18(14)11-16(3)21(4)24(22,23)19-12-17(13-20)10-9-15(19)2/h5-10,12,16H,11H2,1-4H3. The summed E-state index contributed by atoms with van der Waals surface area (Å²) in [4.78, 5) is 0.195. The molecule has 1 unspecified atom stereocenters. The number of benzene rings is 2. The third kappa shape index (κ3) is 3.66. The van der Waals surface area contributed by atoms with Crippen molar-refractivity contribution in [2.45, 2.75) is 38.1 Å². The van der Waals surface area contributed by atoms with E-state index >= 15 is 0 Å². The predicted molar refractivity (Wildman–Crippen MR) is 95.2 cm³/mol. The molecular weight excluding hydrogens is 320 g/mol. The lowest BCUT2D eigenvalue weighted by molar-refractivity contribution is 0.386. The van der Waals surface area contributed by atoms with Crippen LogP contribution in [0, 0.1) is 25.2 Å². The fourth-order valence-corrected chi connectivity index (χ4v) is 4.23. The van der Waals surface area contributed by atoms with Crippen molar-refractivity contribution in [1.29, 1.82) is 5.26 Å². The first-order valence-electron chi connectivity index (χ1n) is 7.80. The van der Waals surface area contributed by atoms with E-state index in [4.69, 9.17) is 5.26 Å². The van der Waals surface area contributed by atoms with E-state index in [0.29, 0.717) is 17.5 Å². The van der Waals surface area contributed by atoms with Gasteiger partial charge in [0.05, 0.1) is 16.5 Å². The van der Waals surface area contributed by atoms with Crippen molar-refractivity contribution in [2.75, 3.05) is 7.05 Å². The molecule has 0 aliphatic rings. The van der Waals surface area contributed by atoms with Crippen molar-refractivity contribution in [2.24, 2.45) is 0 Å². The van der Waals surface area contributed by atoms with Crippen molar-refractivity contribution < 1.29 is 8.42 Å². The highest BCUT2D eigenvalue weighted by Crippen LogP contribution is 2.23. The molecule has 1 atom stereocenters. The Morgan fingerprint density at radius 1 is 1.12 bits per heavy atom. The second-order valence-corrected chi connectivity index (χ2v) is 8.06. The summed E-state index contributed by atoms with van der Waals surface area (Å²) >= 11 is 0. The van der Waals surface area contributed by atoms with Crippen LogP contribution in [0.25, 0.3) is 0 Å². The molecule has 126 valence electrons. The van der Waals surface area contributed by atoms with Crippen molar-refractivity contribution in [3.05, 3.63) is 64.7 Å². The molecule has 0 heterocycles. The highest BCUT2D eigenvalue weighted by molar-refractivity contribution is 7.89. The van der Waals surface area contributed by atoms with Crippen LogP contribution in [0.1, 0.15) is 29.2 Å². The summed E-state index contributed by atoms with van der Waals surface area (Å²) in [5.74, 6) is 0. The largest absolute Gasteiger partial charge is 0.243 e. The summed E-state index contributed by atoms with van der Waals surface area (Å²) in [7, 11) is -2.06. The number of likely N-dealkylation sites (N-methyl/N-ethyl adjacent to an activating group) is 1. The summed E-state index contributed by atoms with van der Waals surface area (Å²) in [6, 6.07) is 14.5. The van der Waals surface area contributed by atoms with Gasteiger partial charge in [-0.2, -0.15) is 9.57 Å². The van der Waals surface area contributed by atoms with Gasteiger partial charge in [0.1, 0.15) is 0 Å². The molecule has 0 aliphatic heterocycles. The van der Waals surface area contributed by atoms with Gasteiger partial charge in [-0.1, -0.05) is 30.3 Å². The number of hydrogen-bond acceptors (Lipinski definition) is 3. The van der Waals surface area contributed by atoms with Crippen LogP contribution >= 0.6 is 0 Å². The third-order valence-corrected chi connectivity index (χ3v) is 6.49. The van der Waals surface area contributed by atoms with Gasteiger partial charge < -0.3 is 0 Å². The first-order chi connectivity index (χ1) is 11.3. The minimum Gasteiger partial charge on any atom is -0.207 e. The summed E-state index contributed by atoms with van der Waals surface area (Å²) < 4.78 is 27.3. The van der Waals surface area contributed by atoms with E-state index in [1.54, 1.807) is 26.1 Å². The number of aryl methyl sites for hydroxylation is 2. The first kappa shape index (κ1) is 18.2. The SMILES string of the molecule is Cc1ccccc1CC(C)N(C)S(=O)(=O)c1cc(C#N)ccc1C. The number of hydrogen-bond donors (Lipinski definition) is 0. The maximum atomic E-state index is 13.0. The van der Waals surface area contributed by atoms with Crippen LogP contribution < -0.4 is 0 Å². The smallest absolute Gasteiger partial charge is 0.207 e. The van der Waals surface area contributed by atoms with Gasteiger partial charge in [0.25, 0.3) is 0 Å². The van der Waals surface area contributed by atoms with Crippen molar-refractivity contribution in [3.63, 3.8) is 0 Å². The van der Waals surface area contributed by atoms with Crippen LogP contribution in [0.5, 0.6) is 0 Å². The van der Waals surface area contributed by atoms with Gasteiger partial charge >= 0.3 is 0 Å². The zero-order chi connectivity index (χ0) is 17.9. The van der Waals surface area contributed by atoms with Crippen molar-refractivity contribution >= 4 is 10.0 Å². The third-order valence-electron chi connectivity index (χ3n) is 4.37. The van der Waals surface area contributed by atoms with Gasteiger partial charge in [-0.3, -0.25) is 0 Å². The monoisotopic (exact) mass is 342 g/mol. The molecule has 0 bridgehead atoms. The van der Waals surface area contributed by atoms with Gasteiger partial charge in [0.2, 0.25) is 10.0 Å². The Kier molecular flexibility index (Phi) is 5.43. The lowest BCUT2D eigenvalue weighted by atomic mass is 10.0. The number of nitriles is 1. The Morgan fingerprint density at radius 2 is 1.79 bits per heavy atom. The Morgan fingerprint density at radius 3 is 2.42 bits per heavy atom. The van der Waals surface area contributed by atoms with Crippen LogP contribution in [0.3, 0.4) is 0 Å². The maximum Gasteiger partial charge on any atom is 0.243 e. The summed E-state index contributed by atoms with van der Waals surface area (Å²) in [6.07, 6.45) is 0.638. The van der Waals surface area contributed by atoms with E-state index in [1.807, 2.05) is 44.2 Å². The molecule has 0 saturated heterocycles. The van der Waals surface area contributed by atoms with Gasteiger partial charge in [0, 0.05) is 13.1 Å². The van der Waals surface area contributed by atoms with Crippen molar-refractivity contribution in [1.82, 2.24) is 4.31 Å². The lowest BCUT2D eigenvalue weighted by Gasteiger charge is -2.25. The van der Waals surface area contributed by atoms with Gasteiger partial charge in [-0.05, 0) is 56.0 Å². The molecule has 0 N–H and O–H groups in total. The molecule has 0 aromatic heterocycles. The summed E-state index contributed by atoms with van der Waals surface area (Å²) in [6.45, 7) is 5.67. The fourth-order valence-electron chi connectivity index (χ4n) is 2.63. The Balaban J connectivity index is 2.32. The minimum atomic E-state index is -3.65. The Hall–Kier alpha value is -2.16. The van der Waals surface area contributed by atoms with Crippen LogP contribution in [0.15, 0.2) is 47.4 Å². The average molecular weight is 342 g/mol. The zero-order valence-corrected chi connectivity index (χ0v) is 15.3. The molecular formula is C19H22N2O2S. The number of sulfonamides is 1. The molecule has 4 nitrogen and oxygen atoms in total. The molecule has 0 radical (unpaired) electrons. The van der Waals surface area contributed by atoms with Crippen LogP contribution in [-0.4, -0.2) is 25.8 Å².